The minimum atomic E-state index is -3.57. The van der Waals surface area contributed by atoms with Gasteiger partial charge in [0.05, 0.1) is 11.9 Å². The number of amides is 2. The number of nitrogens with one attached hydrogen (secondary N) is 1. The summed E-state index contributed by atoms with van der Waals surface area (Å²) < 4.78 is 26.6. The molecule has 0 spiro atoms. The van der Waals surface area contributed by atoms with Gasteiger partial charge in [0, 0.05) is 38.0 Å². The van der Waals surface area contributed by atoms with Crippen molar-refractivity contribution >= 4 is 39.1 Å². The van der Waals surface area contributed by atoms with Gasteiger partial charge in [-0.3, -0.25) is 13.9 Å². The molecule has 0 aliphatic carbocycles. The summed E-state index contributed by atoms with van der Waals surface area (Å²) in [5, 5.41) is 3.20. The normalized spacial score (nSPS) is 12.0. The third-order valence-corrected chi connectivity index (χ3v) is 8.03. The Kier molecular flexibility index (Phi) is 10.5. The van der Waals surface area contributed by atoms with Gasteiger partial charge in [0.15, 0.2) is 0 Å². The van der Waals surface area contributed by atoms with E-state index in [1.54, 1.807) is 18.0 Å². The van der Waals surface area contributed by atoms with Gasteiger partial charge in [-0.2, -0.15) is 0 Å². The van der Waals surface area contributed by atoms with Crippen LogP contribution in [0.25, 0.3) is 0 Å². The van der Waals surface area contributed by atoms with Crippen molar-refractivity contribution in [2.75, 3.05) is 24.2 Å². The fourth-order valence-corrected chi connectivity index (χ4v) is 5.77. The molecular weight excluding hydrogens is 534 g/mol. The van der Waals surface area contributed by atoms with Crippen molar-refractivity contribution in [1.82, 2.24) is 10.2 Å². The molecule has 0 radical (unpaired) electrons. The minimum absolute atomic E-state index is 0.0591. The number of nitrogens with zero attached hydrogens (tertiary/aromatic N) is 2. The second-order valence-electron chi connectivity index (χ2n) is 9.72. The van der Waals surface area contributed by atoms with Crippen LogP contribution in [-0.4, -0.2) is 51.0 Å². The Labute approximate surface area is 236 Å². The molecule has 3 aromatic rings. The maximum absolute atomic E-state index is 13.7. The monoisotopic (exact) mass is 569 g/mol. The number of halogens is 1. The topological polar surface area (TPSA) is 86.8 Å². The quantitative estimate of drug-likeness (QED) is 0.336. The number of rotatable bonds is 12. The minimum Gasteiger partial charge on any atom is -0.357 e. The van der Waals surface area contributed by atoms with Crippen LogP contribution in [0.2, 0.25) is 5.02 Å². The lowest BCUT2D eigenvalue weighted by Crippen LogP contribution is -2.49. The second kappa shape index (κ2) is 13.6. The summed E-state index contributed by atoms with van der Waals surface area (Å²) in [4.78, 5) is 28.3. The molecule has 1 N–H and O–H groups in total. The van der Waals surface area contributed by atoms with Gasteiger partial charge in [-0.25, -0.2) is 8.42 Å². The Balaban J connectivity index is 1.87. The zero-order valence-corrected chi connectivity index (χ0v) is 24.4. The van der Waals surface area contributed by atoms with Crippen LogP contribution < -0.4 is 9.62 Å². The first-order chi connectivity index (χ1) is 18.5. The molecule has 0 fully saturated rings. The van der Waals surface area contributed by atoms with E-state index >= 15 is 0 Å². The smallest absolute Gasteiger partial charge is 0.242 e. The zero-order chi connectivity index (χ0) is 28.6. The Morgan fingerprint density at radius 3 is 2.15 bits per heavy atom. The summed E-state index contributed by atoms with van der Waals surface area (Å²) in [6.07, 6.45) is 1.83. The highest BCUT2D eigenvalue weighted by Gasteiger charge is 2.30. The van der Waals surface area contributed by atoms with E-state index in [0.717, 1.165) is 28.5 Å². The van der Waals surface area contributed by atoms with Crippen molar-refractivity contribution in [3.8, 4) is 0 Å². The molecular formula is C30H36ClN3O4S. The van der Waals surface area contributed by atoms with Crippen molar-refractivity contribution in [1.29, 1.82) is 0 Å². The predicted octanol–water partition coefficient (Wildman–Crippen LogP) is 4.89. The highest BCUT2D eigenvalue weighted by atomic mass is 35.5. The molecule has 39 heavy (non-hydrogen) atoms. The summed E-state index contributed by atoms with van der Waals surface area (Å²) in [5.41, 5.74) is 4.12. The fraction of sp³-hybridized carbons (Fsp3) is 0.333. The van der Waals surface area contributed by atoms with Crippen molar-refractivity contribution in [2.24, 2.45) is 0 Å². The zero-order valence-electron chi connectivity index (χ0n) is 22.9. The first-order valence-corrected chi connectivity index (χ1v) is 15.1. The van der Waals surface area contributed by atoms with Crippen LogP contribution in [0.15, 0.2) is 72.8 Å². The van der Waals surface area contributed by atoms with E-state index in [1.165, 1.54) is 4.31 Å². The number of anilines is 1. The molecule has 0 saturated carbocycles. The number of sulfonamides is 1. The first kappa shape index (κ1) is 30.2. The maximum atomic E-state index is 13.7. The number of carbonyl (C=O) groups excluding carboxylic acids is 2. The van der Waals surface area contributed by atoms with E-state index in [2.05, 4.69) is 5.32 Å². The lowest BCUT2D eigenvalue weighted by Gasteiger charge is -2.32. The molecule has 0 heterocycles. The average Bonchev–Trinajstić information content (AvgIpc) is 2.88. The van der Waals surface area contributed by atoms with Crippen molar-refractivity contribution in [2.45, 2.75) is 45.7 Å². The predicted molar refractivity (Wildman–Crippen MR) is 157 cm³/mol. The SMILES string of the molecule is CNC(=O)[C@H](Cc1ccccc1)N(Cc1ccccc1Cl)C(=O)CCCN(c1cc(C)cc(C)c1)S(C)(=O)=O. The van der Waals surface area contributed by atoms with Crippen LogP contribution >= 0.6 is 11.6 Å². The molecule has 2 amide bonds. The third kappa shape index (κ3) is 8.57. The lowest BCUT2D eigenvalue weighted by atomic mass is 10.0. The molecule has 1 atom stereocenters. The van der Waals surface area contributed by atoms with E-state index in [1.807, 2.05) is 80.6 Å². The Morgan fingerprint density at radius 1 is 0.949 bits per heavy atom. The highest BCUT2D eigenvalue weighted by molar-refractivity contribution is 7.92. The van der Waals surface area contributed by atoms with Gasteiger partial charge in [0.2, 0.25) is 21.8 Å². The molecule has 3 aromatic carbocycles. The Bertz CT molecular complexity index is 1380. The average molecular weight is 570 g/mol. The summed E-state index contributed by atoms with van der Waals surface area (Å²) in [7, 11) is -2.02. The van der Waals surface area contributed by atoms with Gasteiger partial charge < -0.3 is 10.2 Å². The van der Waals surface area contributed by atoms with Crippen LogP contribution in [0.1, 0.15) is 35.1 Å². The van der Waals surface area contributed by atoms with Crippen LogP contribution in [0.4, 0.5) is 5.69 Å². The fourth-order valence-electron chi connectivity index (χ4n) is 4.63. The molecule has 208 valence electrons. The molecule has 0 saturated heterocycles. The standard InChI is InChI=1S/C30H36ClN3O4S/c1-22-17-23(2)19-26(18-22)34(39(4,37)38)16-10-15-29(35)33(21-25-13-8-9-14-27(25)31)28(30(36)32-3)20-24-11-6-5-7-12-24/h5-9,11-14,17-19,28H,10,15-16,20-21H2,1-4H3,(H,32,36)/t28-/m0/s1. The molecule has 0 aliphatic heterocycles. The number of hydrogen-bond donors (Lipinski definition) is 1. The largest absolute Gasteiger partial charge is 0.357 e. The number of aryl methyl sites for hydroxylation is 2. The molecule has 0 bridgehead atoms. The summed E-state index contributed by atoms with van der Waals surface area (Å²) in [5.74, 6) is -0.541. The van der Waals surface area contributed by atoms with Crippen molar-refractivity contribution in [3.63, 3.8) is 0 Å². The number of likely N-dealkylation sites (N-methyl/N-ethyl adjacent to an activating group) is 1. The second-order valence-corrected chi connectivity index (χ2v) is 12.0. The van der Waals surface area contributed by atoms with E-state index < -0.39 is 16.1 Å². The summed E-state index contributed by atoms with van der Waals surface area (Å²) in [6, 6.07) is 21.6. The van der Waals surface area contributed by atoms with Crippen LogP contribution in [0, 0.1) is 13.8 Å². The number of hydrogen-bond acceptors (Lipinski definition) is 4. The molecule has 0 aliphatic rings. The highest BCUT2D eigenvalue weighted by Crippen LogP contribution is 2.24. The molecule has 7 nitrogen and oxygen atoms in total. The van der Waals surface area contributed by atoms with Crippen LogP contribution in [0.5, 0.6) is 0 Å². The van der Waals surface area contributed by atoms with Crippen LogP contribution in [-0.2, 0) is 32.6 Å². The molecule has 3 rings (SSSR count). The molecule has 0 unspecified atom stereocenters. The van der Waals surface area contributed by atoms with E-state index in [0.29, 0.717) is 17.1 Å². The van der Waals surface area contributed by atoms with Crippen LogP contribution in [0.3, 0.4) is 0 Å². The first-order valence-electron chi connectivity index (χ1n) is 12.8. The maximum Gasteiger partial charge on any atom is 0.242 e. The third-order valence-electron chi connectivity index (χ3n) is 6.46. The summed E-state index contributed by atoms with van der Waals surface area (Å²) in [6.45, 7) is 4.12. The molecule has 0 aromatic heterocycles. The number of carbonyl (C=O) groups is 2. The van der Waals surface area contributed by atoms with Gasteiger partial charge in [0.1, 0.15) is 6.04 Å². The van der Waals surface area contributed by atoms with E-state index in [-0.39, 0.29) is 37.7 Å². The van der Waals surface area contributed by atoms with Gasteiger partial charge in [-0.15, -0.1) is 0 Å². The van der Waals surface area contributed by atoms with Crippen molar-refractivity contribution in [3.05, 3.63) is 100 Å². The van der Waals surface area contributed by atoms with Gasteiger partial charge in [-0.1, -0.05) is 66.2 Å². The van der Waals surface area contributed by atoms with Gasteiger partial charge in [0.25, 0.3) is 0 Å². The summed E-state index contributed by atoms with van der Waals surface area (Å²) >= 11 is 6.43. The van der Waals surface area contributed by atoms with Gasteiger partial charge >= 0.3 is 0 Å². The Hall–Kier alpha value is -3.36. The van der Waals surface area contributed by atoms with E-state index in [4.69, 9.17) is 11.6 Å². The Morgan fingerprint density at radius 2 is 1.56 bits per heavy atom. The lowest BCUT2D eigenvalue weighted by molar-refractivity contribution is -0.141. The molecule has 9 heteroatoms. The van der Waals surface area contributed by atoms with Crippen molar-refractivity contribution < 1.29 is 18.0 Å². The van der Waals surface area contributed by atoms with E-state index in [9.17, 15) is 18.0 Å². The number of benzene rings is 3. The van der Waals surface area contributed by atoms with Gasteiger partial charge in [-0.05, 0) is 60.7 Å².